The Bertz CT molecular complexity index is 463. The minimum atomic E-state index is -0.552. The topological polar surface area (TPSA) is 0 Å². The van der Waals surface area contributed by atoms with Gasteiger partial charge in [0.05, 0.1) is 5.38 Å². The summed E-state index contributed by atoms with van der Waals surface area (Å²) < 4.78 is 26.5. The van der Waals surface area contributed by atoms with Crippen molar-refractivity contribution in [2.75, 3.05) is 0 Å². The molecule has 1 aromatic rings. The van der Waals surface area contributed by atoms with Gasteiger partial charge in [0, 0.05) is 11.6 Å². The molecule has 0 nitrogen and oxygen atoms in total. The van der Waals surface area contributed by atoms with Crippen LogP contribution in [0.4, 0.5) is 8.78 Å². The Balaban J connectivity index is 2.39. The summed E-state index contributed by atoms with van der Waals surface area (Å²) in [6.45, 7) is 4.22. The van der Waals surface area contributed by atoms with Gasteiger partial charge in [-0.15, -0.1) is 11.6 Å². The quantitative estimate of drug-likeness (QED) is 0.635. The van der Waals surface area contributed by atoms with Gasteiger partial charge in [-0.3, -0.25) is 0 Å². The van der Waals surface area contributed by atoms with E-state index in [4.69, 9.17) is 11.6 Å². The van der Waals surface area contributed by atoms with Crippen molar-refractivity contribution in [3.63, 3.8) is 0 Å². The molecule has 92 valence electrons. The lowest BCUT2D eigenvalue weighted by Gasteiger charge is -2.32. The molecule has 2 rings (SSSR count). The predicted molar refractivity (Wildman–Crippen MR) is 67.0 cm³/mol. The highest BCUT2D eigenvalue weighted by atomic mass is 35.5. The van der Waals surface area contributed by atoms with E-state index in [0.717, 1.165) is 24.5 Å². The zero-order valence-electron chi connectivity index (χ0n) is 9.93. The van der Waals surface area contributed by atoms with Crippen LogP contribution in [0.3, 0.4) is 0 Å². The van der Waals surface area contributed by atoms with Crippen LogP contribution in [0.2, 0.25) is 0 Å². The fourth-order valence-electron chi connectivity index (χ4n) is 2.39. The SMILES string of the molecule is CC1(C)CC(c2ccc(F)cc2F)=CC(Cl)C1. The van der Waals surface area contributed by atoms with Crippen LogP contribution in [0.15, 0.2) is 24.3 Å². The highest BCUT2D eigenvalue weighted by molar-refractivity contribution is 6.22. The van der Waals surface area contributed by atoms with E-state index in [2.05, 4.69) is 13.8 Å². The third kappa shape index (κ3) is 2.86. The van der Waals surface area contributed by atoms with Crippen LogP contribution in [-0.4, -0.2) is 5.38 Å². The fourth-order valence-corrected chi connectivity index (χ4v) is 2.96. The number of alkyl halides is 1. The molecule has 1 unspecified atom stereocenters. The predicted octanol–water partition coefficient (Wildman–Crippen LogP) is 4.78. The third-order valence-electron chi connectivity index (χ3n) is 3.08. The van der Waals surface area contributed by atoms with Crippen molar-refractivity contribution in [3.8, 4) is 0 Å². The van der Waals surface area contributed by atoms with E-state index in [1.807, 2.05) is 6.08 Å². The van der Waals surface area contributed by atoms with Crippen molar-refractivity contribution in [2.45, 2.75) is 32.1 Å². The molecule has 0 heterocycles. The zero-order valence-corrected chi connectivity index (χ0v) is 10.7. The van der Waals surface area contributed by atoms with Gasteiger partial charge in [0.15, 0.2) is 0 Å². The van der Waals surface area contributed by atoms with E-state index in [0.29, 0.717) is 5.56 Å². The van der Waals surface area contributed by atoms with Crippen molar-refractivity contribution in [2.24, 2.45) is 5.41 Å². The minimum Gasteiger partial charge on any atom is -0.207 e. The molecule has 0 aromatic heterocycles. The Labute approximate surface area is 105 Å². The molecule has 0 bridgehead atoms. The maximum atomic E-state index is 13.7. The number of hydrogen-bond donors (Lipinski definition) is 0. The Morgan fingerprint density at radius 2 is 2.00 bits per heavy atom. The van der Waals surface area contributed by atoms with Gasteiger partial charge in [-0.05, 0) is 36.0 Å². The third-order valence-corrected chi connectivity index (χ3v) is 3.36. The number of hydrogen-bond acceptors (Lipinski definition) is 0. The molecular formula is C14H15ClF2. The van der Waals surface area contributed by atoms with Crippen LogP contribution < -0.4 is 0 Å². The van der Waals surface area contributed by atoms with Crippen LogP contribution >= 0.6 is 11.6 Å². The average Bonchev–Trinajstić information content (AvgIpc) is 2.13. The van der Waals surface area contributed by atoms with Gasteiger partial charge in [0.1, 0.15) is 11.6 Å². The van der Waals surface area contributed by atoms with Gasteiger partial charge in [-0.25, -0.2) is 8.78 Å². The molecule has 0 aliphatic heterocycles. The van der Waals surface area contributed by atoms with E-state index in [1.165, 1.54) is 12.1 Å². The molecule has 0 spiro atoms. The Morgan fingerprint density at radius 3 is 2.59 bits per heavy atom. The van der Waals surface area contributed by atoms with E-state index in [-0.39, 0.29) is 10.8 Å². The first-order valence-corrected chi connectivity index (χ1v) is 6.11. The normalized spacial score (nSPS) is 23.4. The van der Waals surface area contributed by atoms with Crippen molar-refractivity contribution >= 4 is 17.2 Å². The number of benzene rings is 1. The smallest absolute Gasteiger partial charge is 0.133 e. The lowest BCUT2D eigenvalue weighted by Crippen LogP contribution is -2.22. The van der Waals surface area contributed by atoms with Crippen LogP contribution in [0.25, 0.3) is 5.57 Å². The van der Waals surface area contributed by atoms with E-state index in [9.17, 15) is 8.78 Å². The summed E-state index contributed by atoms with van der Waals surface area (Å²) in [4.78, 5) is 0. The first-order valence-electron chi connectivity index (χ1n) is 5.68. The number of halogens is 3. The van der Waals surface area contributed by atoms with Crippen molar-refractivity contribution in [1.82, 2.24) is 0 Å². The minimum absolute atomic E-state index is 0.0529. The fraction of sp³-hybridized carbons (Fsp3) is 0.429. The summed E-state index contributed by atoms with van der Waals surface area (Å²) in [7, 11) is 0. The summed E-state index contributed by atoms with van der Waals surface area (Å²) in [5.74, 6) is -1.07. The van der Waals surface area contributed by atoms with Gasteiger partial charge >= 0.3 is 0 Å². The van der Waals surface area contributed by atoms with Gasteiger partial charge in [-0.1, -0.05) is 19.9 Å². The van der Waals surface area contributed by atoms with Crippen LogP contribution in [0, 0.1) is 17.0 Å². The molecule has 1 atom stereocenters. The Hall–Kier alpha value is -0.890. The van der Waals surface area contributed by atoms with Crippen molar-refractivity contribution in [3.05, 3.63) is 41.5 Å². The molecule has 0 saturated heterocycles. The lowest BCUT2D eigenvalue weighted by molar-refractivity contribution is 0.340. The largest absolute Gasteiger partial charge is 0.207 e. The second kappa shape index (κ2) is 4.41. The summed E-state index contributed by atoms with van der Waals surface area (Å²) in [6, 6.07) is 3.69. The van der Waals surface area contributed by atoms with Gasteiger partial charge in [-0.2, -0.15) is 0 Å². The highest BCUT2D eigenvalue weighted by Crippen LogP contribution is 2.41. The van der Waals surface area contributed by atoms with Gasteiger partial charge in [0.25, 0.3) is 0 Å². The second-order valence-electron chi connectivity index (χ2n) is 5.38. The van der Waals surface area contributed by atoms with E-state index >= 15 is 0 Å². The van der Waals surface area contributed by atoms with Gasteiger partial charge in [0.2, 0.25) is 0 Å². The number of rotatable bonds is 1. The lowest BCUT2D eigenvalue weighted by atomic mass is 9.75. The molecule has 0 N–H and O–H groups in total. The van der Waals surface area contributed by atoms with Crippen LogP contribution in [0.5, 0.6) is 0 Å². The maximum absolute atomic E-state index is 13.7. The van der Waals surface area contributed by atoms with Gasteiger partial charge < -0.3 is 0 Å². The molecule has 0 fully saturated rings. The standard InChI is InChI=1S/C14H15ClF2/c1-14(2)7-9(5-10(15)8-14)12-4-3-11(16)6-13(12)17/h3-6,10H,7-8H2,1-2H3. The van der Waals surface area contributed by atoms with Crippen LogP contribution in [-0.2, 0) is 0 Å². The maximum Gasteiger partial charge on any atom is 0.133 e. The van der Waals surface area contributed by atoms with Crippen molar-refractivity contribution < 1.29 is 8.78 Å². The Kier molecular flexibility index (Phi) is 3.26. The first-order chi connectivity index (χ1) is 7.87. The molecule has 3 heteroatoms. The summed E-state index contributed by atoms with van der Waals surface area (Å²) >= 11 is 6.16. The molecule has 0 saturated carbocycles. The molecule has 1 aromatic carbocycles. The van der Waals surface area contributed by atoms with E-state index < -0.39 is 11.6 Å². The summed E-state index contributed by atoms with van der Waals surface area (Å²) in [6.07, 6.45) is 3.52. The summed E-state index contributed by atoms with van der Waals surface area (Å²) in [5, 5.41) is -0.0850. The summed E-state index contributed by atoms with van der Waals surface area (Å²) in [5.41, 5.74) is 1.39. The first kappa shape index (κ1) is 12.6. The monoisotopic (exact) mass is 256 g/mol. The molecular weight excluding hydrogens is 242 g/mol. The highest BCUT2D eigenvalue weighted by Gasteiger charge is 2.29. The van der Waals surface area contributed by atoms with Crippen LogP contribution in [0.1, 0.15) is 32.3 Å². The zero-order chi connectivity index (χ0) is 12.6. The Morgan fingerprint density at radius 1 is 1.29 bits per heavy atom. The van der Waals surface area contributed by atoms with Crippen molar-refractivity contribution in [1.29, 1.82) is 0 Å². The number of allylic oxidation sites excluding steroid dienone is 2. The molecule has 17 heavy (non-hydrogen) atoms. The molecule has 0 radical (unpaired) electrons. The molecule has 1 aliphatic carbocycles. The molecule has 1 aliphatic rings. The van der Waals surface area contributed by atoms with E-state index in [1.54, 1.807) is 0 Å². The second-order valence-corrected chi connectivity index (χ2v) is 5.94. The molecule has 0 amide bonds. The average molecular weight is 257 g/mol.